The monoisotopic (exact) mass is 455 g/mol. The Hall–Kier alpha value is -4.20. The van der Waals surface area contributed by atoms with E-state index in [9.17, 15) is 9.59 Å². The summed E-state index contributed by atoms with van der Waals surface area (Å²) < 4.78 is 7.43. The summed E-state index contributed by atoms with van der Waals surface area (Å²) in [6.45, 7) is 4.26. The third-order valence-corrected chi connectivity index (χ3v) is 5.65. The number of carbonyl (C=O) groups is 2. The molecule has 2 aromatic carbocycles. The van der Waals surface area contributed by atoms with Crippen LogP contribution in [-0.4, -0.2) is 26.4 Å². The van der Waals surface area contributed by atoms with Crippen LogP contribution in [0.4, 0.5) is 11.5 Å². The third-order valence-electron chi connectivity index (χ3n) is 5.65. The lowest BCUT2D eigenvalue weighted by Gasteiger charge is -2.10. The van der Waals surface area contributed by atoms with Crippen molar-refractivity contribution in [1.29, 1.82) is 0 Å². The Kier molecular flexibility index (Phi) is 5.71. The molecule has 8 heteroatoms. The zero-order chi connectivity index (χ0) is 23.7. The number of carbonyl (C=O) groups excluding carboxylic acids is 2. The molecule has 0 unspecified atom stereocenters. The first-order chi connectivity index (χ1) is 16.4. The number of benzene rings is 2. The summed E-state index contributed by atoms with van der Waals surface area (Å²) in [5.41, 5.74) is 3.01. The van der Waals surface area contributed by atoms with Crippen LogP contribution in [0.5, 0.6) is 11.6 Å². The number of nitrogens with one attached hydrogen (secondary N) is 2. The number of anilines is 2. The van der Waals surface area contributed by atoms with Gasteiger partial charge in [0, 0.05) is 23.2 Å². The molecule has 5 rings (SSSR count). The van der Waals surface area contributed by atoms with Crippen LogP contribution in [0.15, 0.2) is 66.9 Å². The van der Waals surface area contributed by atoms with E-state index in [1.54, 1.807) is 47.1 Å². The van der Waals surface area contributed by atoms with Crippen molar-refractivity contribution in [2.75, 3.05) is 10.6 Å². The quantitative estimate of drug-likeness (QED) is 0.397. The summed E-state index contributed by atoms with van der Waals surface area (Å²) in [7, 11) is 0. The van der Waals surface area contributed by atoms with E-state index in [0.29, 0.717) is 34.6 Å². The van der Waals surface area contributed by atoms with Crippen LogP contribution in [0.3, 0.4) is 0 Å². The summed E-state index contributed by atoms with van der Waals surface area (Å²) in [4.78, 5) is 29.1. The highest BCUT2D eigenvalue weighted by molar-refractivity contribution is 6.04. The minimum atomic E-state index is -0.225. The van der Waals surface area contributed by atoms with Crippen molar-refractivity contribution in [2.24, 2.45) is 5.92 Å². The molecule has 2 N–H and O–H groups in total. The van der Waals surface area contributed by atoms with Crippen molar-refractivity contribution in [2.45, 2.75) is 32.6 Å². The topological polar surface area (TPSA) is 97.6 Å². The molecule has 4 aromatic rings. The van der Waals surface area contributed by atoms with Gasteiger partial charge in [-0.2, -0.15) is 0 Å². The maximum absolute atomic E-state index is 12.7. The maximum Gasteiger partial charge on any atom is 0.255 e. The number of nitrogens with zero attached hydrogens (tertiary/aromatic N) is 3. The van der Waals surface area contributed by atoms with Gasteiger partial charge in [0.2, 0.25) is 11.8 Å². The first-order valence-electron chi connectivity index (χ1n) is 11.3. The zero-order valence-electron chi connectivity index (χ0n) is 19.0. The molecule has 0 bridgehead atoms. The largest absolute Gasteiger partial charge is 0.438 e. The van der Waals surface area contributed by atoms with Gasteiger partial charge in [0.15, 0.2) is 11.5 Å². The number of hydrogen-bond acceptors (Lipinski definition) is 5. The number of amides is 2. The molecule has 1 aliphatic carbocycles. The molecule has 0 spiro atoms. The maximum atomic E-state index is 12.7. The lowest BCUT2D eigenvalue weighted by atomic mass is 10.0. The Morgan fingerprint density at radius 1 is 1.03 bits per heavy atom. The van der Waals surface area contributed by atoms with Gasteiger partial charge in [0.1, 0.15) is 5.75 Å². The number of hydrogen-bond donors (Lipinski definition) is 2. The summed E-state index contributed by atoms with van der Waals surface area (Å²) in [6.07, 6.45) is 3.50. The molecule has 1 aliphatic rings. The second-order valence-electron chi connectivity index (χ2n) is 8.72. The first kappa shape index (κ1) is 21.6. The van der Waals surface area contributed by atoms with Crippen LogP contribution >= 0.6 is 0 Å². The average Bonchev–Trinajstić information content (AvgIpc) is 3.60. The zero-order valence-corrected chi connectivity index (χ0v) is 19.0. The van der Waals surface area contributed by atoms with Gasteiger partial charge in [-0.3, -0.25) is 9.59 Å². The molecule has 0 aliphatic heterocycles. The average molecular weight is 456 g/mol. The Balaban J connectivity index is 1.27. The molecule has 1 saturated carbocycles. The van der Waals surface area contributed by atoms with Gasteiger partial charge < -0.3 is 15.4 Å². The molecular formula is C26H25N5O3. The van der Waals surface area contributed by atoms with Crippen LogP contribution < -0.4 is 15.4 Å². The fourth-order valence-electron chi connectivity index (χ4n) is 3.53. The van der Waals surface area contributed by atoms with Gasteiger partial charge in [-0.15, -0.1) is 5.10 Å². The van der Waals surface area contributed by atoms with Crippen LogP contribution in [0.1, 0.15) is 48.5 Å². The summed E-state index contributed by atoms with van der Waals surface area (Å²) >= 11 is 0. The molecular weight excluding hydrogens is 430 g/mol. The Morgan fingerprint density at radius 2 is 1.82 bits per heavy atom. The van der Waals surface area contributed by atoms with E-state index in [-0.39, 0.29) is 17.7 Å². The highest BCUT2D eigenvalue weighted by Crippen LogP contribution is 2.30. The molecule has 0 radical (unpaired) electrons. The van der Waals surface area contributed by atoms with Crippen molar-refractivity contribution >= 4 is 29.0 Å². The molecule has 2 heterocycles. The standard InChI is InChI=1S/C26H25N5O3/c1-16(2)17-8-10-20(11-9-17)27-26(33)19-4-3-5-21(14-19)34-24-13-12-23-28-22(15-31(23)30-24)29-25(32)18-6-7-18/h3-5,8-16,18H,6-7H2,1-2H3,(H,27,33)(H,29,32). The van der Waals surface area contributed by atoms with Crippen LogP contribution in [0.25, 0.3) is 5.65 Å². The second-order valence-corrected chi connectivity index (χ2v) is 8.72. The Bertz CT molecular complexity index is 1360. The van der Waals surface area contributed by atoms with Gasteiger partial charge in [-0.1, -0.05) is 32.0 Å². The van der Waals surface area contributed by atoms with Gasteiger partial charge in [-0.05, 0) is 60.7 Å². The number of aromatic nitrogens is 3. The van der Waals surface area contributed by atoms with E-state index in [2.05, 4.69) is 34.6 Å². The van der Waals surface area contributed by atoms with Crippen LogP contribution in [0, 0.1) is 5.92 Å². The molecule has 0 atom stereocenters. The molecule has 2 amide bonds. The normalized spacial score (nSPS) is 13.1. The number of rotatable bonds is 7. The number of ether oxygens (including phenoxy) is 1. The molecule has 172 valence electrons. The van der Waals surface area contributed by atoms with Gasteiger partial charge in [-0.25, -0.2) is 9.50 Å². The van der Waals surface area contributed by atoms with E-state index < -0.39 is 0 Å². The third kappa shape index (κ3) is 4.91. The molecule has 2 aromatic heterocycles. The fourth-order valence-corrected chi connectivity index (χ4v) is 3.53. The lowest BCUT2D eigenvalue weighted by Crippen LogP contribution is -2.13. The summed E-state index contributed by atoms with van der Waals surface area (Å²) in [5.74, 6) is 1.58. The van der Waals surface area contributed by atoms with Gasteiger partial charge in [0.25, 0.3) is 5.91 Å². The van der Waals surface area contributed by atoms with Gasteiger partial charge in [0.05, 0.1) is 6.20 Å². The Morgan fingerprint density at radius 3 is 2.56 bits per heavy atom. The minimum Gasteiger partial charge on any atom is -0.438 e. The van der Waals surface area contributed by atoms with Crippen molar-refractivity contribution in [3.63, 3.8) is 0 Å². The highest BCUT2D eigenvalue weighted by Gasteiger charge is 2.30. The number of imidazole rings is 1. The van der Waals surface area contributed by atoms with E-state index in [0.717, 1.165) is 18.5 Å². The predicted octanol–water partition coefficient (Wildman–Crippen LogP) is 5.25. The fraction of sp³-hybridized carbons (Fsp3) is 0.231. The van der Waals surface area contributed by atoms with E-state index in [1.165, 1.54) is 5.56 Å². The molecule has 1 fully saturated rings. The lowest BCUT2D eigenvalue weighted by molar-refractivity contribution is -0.117. The highest BCUT2D eigenvalue weighted by atomic mass is 16.5. The van der Waals surface area contributed by atoms with Crippen molar-refractivity contribution in [1.82, 2.24) is 14.6 Å². The smallest absolute Gasteiger partial charge is 0.255 e. The van der Waals surface area contributed by atoms with Crippen LogP contribution in [-0.2, 0) is 4.79 Å². The molecule has 0 saturated heterocycles. The summed E-state index contributed by atoms with van der Waals surface area (Å²) in [5, 5.41) is 10.1. The van der Waals surface area contributed by atoms with E-state index >= 15 is 0 Å². The Labute approximate surface area is 197 Å². The summed E-state index contributed by atoms with van der Waals surface area (Å²) in [6, 6.07) is 18.2. The first-order valence-corrected chi connectivity index (χ1v) is 11.3. The van der Waals surface area contributed by atoms with E-state index in [1.807, 2.05) is 24.3 Å². The minimum absolute atomic E-state index is 0.00848. The predicted molar refractivity (Wildman–Crippen MR) is 129 cm³/mol. The molecule has 34 heavy (non-hydrogen) atoms. The van der Waals surface area contributed by atoms with Gasteiger partial charge >= 0.3 is 0 Å². The van der Waals surface area contributed by atoms with E-state index in [4.69, 9.17) is 4.74 Å². The van der Waals surface area contributed by atoms with Crippen molar-refractivity contribution < 1.29 is 14.3 Å². The van der Waals surface area contributed by atoms with Crippen molar-refractivity contribution in [3.8, 4) is 11.6 Å². The number of fused-ring (bicyclic) bond motifs is 1. The molecule has 8 nitrogen and oxygen atoms in total. The second kappa shape index (κ2) is 8.97. The SMILES string of the molecule is CC(C)c1ccc(NC(=O)c2cccc(Oc3ccc4nc(NC(=O)C5CC5)cn4n3)c2)cc1. The van der Waals surface area contributed by atoms with Crippen molar-refractivity contribution in [3.05, 3.63) is 78.0 Å². The van der Waals surface area contributed by atoms with Crippen LogP contribution in [0.2, 0.25) is 0 Å².